The fourth-order valence-electron chi connectivity index (χ4n) is 2.09. The van der Waals surface area contributed by atoms with Gasteiger partial charge in [0.2, 0.25) is 10.0 Å². The fourth-order valence-corrected chi connectivity index (χ4v) is 3.18. The largest absolute Gasteiger partial charge is 0.472 e. The van der Waals surface area contributed by atoms with Gasteiger partial charge in [0.1, 0.15) is 10.7 Å². The van der Waals surface area contributed by atoms with E-state index in [0.717, 1.165) is 17.2 Å². The summed E-state index contributed by atoms with van der Waals surface area (Å²) in [6.07, 6.45) is 6.32. The van der Waals surface area contributed by atoms with E-state index in [-0.39, 0.29) is 11.4 Å². The van der Waals surface area contributed by atoms with Gasteiger partial charge in [-0.25, -0.2) is 17.5 Å². The van der Waals surface area contributed by atoms with E-state index in [0.29, 0.717) is 5.56 Å². The fraction of sp³-hybridized carbons (Fsp3) is 0.0625. The highest BCUT2D eigenvalue weighted by molar-refractivity contribution is 7.89. The van der Waals surface area contributed by atoms with Crippen molar-refractivity contribution in [2.24, 2.45) is 0 Å². The Labute approximate surface area is 132 Å². The lowest BCUT2D eigenvalue weighted by molar-refractivity contribution is 0.556. The monoisotopic (exact) mass is 332 g/mol. The van der Waals surface area contributed by atoms with E-state index in [2.05, 4.69) is 9.71 Å². The average molecular weight is 332 g/mol. The summed E-state index contributed by atoms with van der Waals surface area (Å²) in [5, 5.41) is 0. The first-order valence-electron chi connectivity index (χ1n) is 6.77. The van der Waals surface area contributed by atoms with Crippen LogP contribution in [0, 0.1) is 5.82 Å². The van der Waals surface area contributed by atoms with Crippen molar-refractivity contribution >= 4 is 10.0 Å². The van der Waals surface area contributed by atoms with Gasteiger partial charge in [0, 0.05) is 30.1 Å². The number of furan rings is 1. The number of benzene rings is 1. The molecule has 7 heteroatoms. The Bertz CT molecular complexity index is 909. The van der Waals surface area contributed by atoms with Crippen molar-refractivity contribution < 1.29 is 17.2 Å². The molecule has 0 saturated heterocycles. The molecule has 0 atom stereocenters. The Morgan fingerprint density at radius 2 is 1.96 bits per heavy atom. The summed E-state index contributed by atoms with van der Waals surface area (Å²) in [4.78, 5) is 3.71. The standard InChI is InChI=1S/C16H13FN2O3S/c17-15-3-1-2-4-16(15)23(20,21)19-9-12-7-14(10-18-8-12)13-5-6-22-11-13/h1-8,10-11,19H,9H2. The van der Waals surface area contributed by atoms with Crippen molar-refractivity contribution in [1.82, 2.24) is 9.71 Å². The van der Waals surface area contributed by atoms with Crippen molar-refractivity contribution in [2.45, 2.75) is 11.4 Å². The van der Waals surface area contributed by atoms with E-state index in [4.69, 9.17) is 4.42 Å². The van der Waals surface area contributed by atoms with Crippen molar-refractivity contribution in [3.05, 3.63) is 72.7 Å². The molecule has 0 saturated carbocycles. The van der Waals surface area contributed by atoms with E-state index >= 15 is 0 Å². The smallest absolute Gasteiger partial charge is 0.243 e. The highest BCUT2D eigenvalue weighted by Crippen LogP contribution is 2.20. The molecule has 3 aromatic rings. The highest BCUT2D eigenvalue weighted by atomic mass is 32.2. The van der Waals surface area contributed by atoms with Crippen LogP contribution in [0.3, 0.4) is 0 Å². The third-order valence-electron chi connectivity index (χ3n) is 3.24. The molecule has 0 radical (unpaired) electrons. The molecule has 0 amide bonds. The minimum Gasteiger partial charge on any atom is -0.472 e. The second-order valence-corrected chi connectivity index (χ2v) is 6.58. The lowest BCUT2D eigenvalue weighted by atomic mass is 10.1. The zero-order chi connectivity index (χ0) is 16.3. The molecule has 118 valence electrons. The Kier molecular flexibility index (Phi) is 4.22. The molecular weight excluding hydrogens is 319 g/mol. The van der Waals surface area contributed by atoms with Crippen LogP contribution in [0.2, 0.25) is 0 Å². The van der Waals surface area contributed by atoms with Crippen LogP contribution in [-0.2, 0) is 16.6 Å². The second-order valence-electron chi connectivity index (χ2n) is 4.85. The van der Waals surface area contributed by atoms with Gasteiger partial charge >= 0.3 is 0 Å². The Balaban J connectivity index is 1.78. The van der Waals surface area contributed by atoms with Gasteiger partial charge in [0.05, 0.1) is 12.5 Å². The molecule has 0 unspecified atom stereocenters. The third-order valence-corrected chi connectivity index (χ3v) is 4.68. The molecule has 2 aromatic heterocycles. The maximum atomic E-state index is 13.6. The van der Waals surface area contributed by atoms with Crippen LogP contribution < -0.4 is 4.72 Å². The van der Waals surface area contributed by atoms with Crippen LogP contribution >= 0.6 is 0 Å². The first kappa shape index (κ1) is 15.4. The molecule has 1 N–H and O–H groups in total. The van der Waals surface area contributed by atoms with Gasteiger partial charge in [-0.1, -0.05) is 12.1 Å². The van der Waals surface area contributed by atoms with Gasteiger partial charge in [-0.05, 0) is 29.8 Å². The zero-order valence-corrected chi connectivity index (χ0v) is 12.8. The van der Waals surface area contributed by atoms with Gasteiger partial charge in [0.15, 0.2) is 0 Å². The zero-order valence-electron chi connectivity index (χ0n) is 11.9. The molecular formula is C16H13FN2O3S. The number of pyridine rings is 1. The van der Waals surface area contributed by atoms with Gasteiger partial charge in [-0.3, -0.25) is 4.98 Å². The highest BCUT2D eigenvalue weighted by Gasteiger charge is 2.18. The number of nitrogens with zero attached hydrogens (tertiary/aromatic N) is 1. The molecule has 0 aliphatic heterocycles. The summed E-state index contributed by atoms with van der Waals surface area (Å²) in [6.45, 7) is 0.00928. The average Bonchev–Trinajstić information content (AvgIpc) is 3.08. The van der Waals surface area contributed by atoms with Crippen LogP contribution in [0.25, 0.3) is 11.1 Å². The summed E-state index contributed by atoms with van der Waals surface area (Å²) >= 11 is 0. The molecule has 0 bridgehead atoms. The van der Waals surface area contributed by atoms with Gasteiger partial charge in [-0.2, -0.15) is 0 Å². The molecule has 2 heterocycles. The molecule has 1 aromatic carbocycles. The molecule has 3 rings (SSSR count). The lowest BCUT2D eigenvalue weighted by Crippen LogP contribution is -2.24. The first-order valence-corrected chi connectivity index (χ1v) is 8.25. The summed E-state index contributed by atoms with van der Waals surface area (Å²) in [5.41, 5.74) is 2.31. The number of rotatable bonds is 5. The maximum Gasteiger partial charge on any atom is 0.243 e. The molecule has 23 heavy (non-hydrogen) atoms. The van der Waals surface area contributed by atoms with Gasteiger partial charge in [0.25, 0.3) is 0 Å². The minimum atomic E-state index is -3.93. The summed E-state index contributed by atoms with van der Waals surface area (Å²) in [5.74, 6) is -0.787. The van der Waals surface area contributed by atoms with E-state index in [1.807, 2.05) is 0 Å². The van der Waals surface area contributed by atoms with Crippen molar-refractivity contribution in [3.8, 4) is 11.1 Å². The summed E-state index contributed by atoms with van der Waals surface area (Å²) in [7, 11) is -3.93. The Morgan fingerprint density at radius 3 is 2.70 bits per heavy atom. The van der Waals surface area contributed by atoms with Crippen LogP contribution in [0.1, 0.15) is 5.56 Å². The van der Waals surface area contributed by atoms with E-state index < -0.39 is 15.8 Å². The van der Waals surface area contributed by atoms with Crippen molar-refractivity contribution in [3.63, 3.8) is 0 Å². The van der Waals surface area contributed by atoms with Gasteiger partial charge < -0.3 is 4.42 Å². The topological polar surface area (TPSA) is 72.2 Å². The number of sulfonamides is 1. The van der Waals surface area contributed by atoms with Crippen LogP contribution in [0.4, 0.5) is 4.39 Å². The van der Waals surface area contributed by atoms with E-state index in [9.17, 15) is 12.8 Å². The van der Waals surface area contributed by atoms with Crippen molar-refractivity contribution in [1.29, 1.82) is 0 Å². The molecule has 0 fully saturated rings. The number of aromatic nitrogens is 1. The molecule has 0 spiro atoms. The van der Waals surface area contributed by atoms with E-state index in [1.165, 1.54) is 18.2 Å². The third kappa shape index (κ3) is 3.46. The number of halogens is 1. The van der Waals surface area contributed by atoms with Crippen LogP contribution in [0.15, 0.2) is 70.6 Å². The molecule has 0 aliphatic carbocycles. The molecule has 0 aliphatic rings. The Morgan fingerprint density at radius 1 is 1.13 bits per heavy atom. The molecule has 5 nitrogen and oxygen atoms in total. The summed E-state index contributed by atoms with van der Waals surface area (Å²) < 4.78 is 45.3. The lowest BCUT2D eigenvalue weighted by Gasteiger charge is -2.08. The van der Waals surface area contributed by atoms with Crippen LogP contribution in [0.5, 0.6) is 0 Å². The maximum absolute atomic E-state index is 13.6. The number of hydrogen-bond acceptors (Lipinski definition) is 4. The number of hydrogen-bond donors (Lipinski definition) is 1. The Hall–Kier alpha value is -2.51. The second kappa shape index (κ2) is 6.31. The predicted molar refractivity (Wildman–Crippen MR) is 82.4 cm³/mol. The van der Waals surface area contributed by atoms with Gasteiger partial charge in [-0.15, -0.1) is 0 Å². The quantitative estimate of drug-likeness (QED) is 0.780. The SMILES string of the molecule is O=S(=O)(NCc1cncc(-c2ccoc2)c1)c1ccccc1F. The summed E-state index contributed by atoms with van der Waals surface area (Å²) in [6, 6.07) is 8.81. The predicted octanol–water partition coefficient (Wildman–Crippen LogP) is 2.96. The number of nitrogens with one attached hydrogen (secondary N) is 1. The minimum absolute atomic E-state index is 0.00928. The van der Waals surface area contributed by atoms with Crippen LogP contribution in [-0.4, -0.2) is 13.4 Å². The van der Waals surface area contributed by atoms with E-state index in [1.54, 1.807) is 37.1 Å². The van der Waals surface area contributed by atoms with Crippen molar-refractivity contribution in [2.75, 3.05) is 0 Å². The first-order chi connectivity index (χ1) is 11.1. The normalized spacial score (nSPS) is 11.5.